The average Bonchev–Trinajstić information content (AvgIpc) is 2.84. The monoisotopic (exact) mass is 529 g/mol. The van der Waals surface area contributed by atoms with E-state index < -0.39 is 58.0 Å². The number of aromatic hydroxyl groups is 1. The van der Waals surface area contributed by atoms with Crippen LogP contribution in [0.3, 0.4) is 0 Å². The smallest absolute Gasteiger partial charge is 0.255 e. The Bertz CT molecular complexity index is 1280. The van der Waals surface area contributed by atoms with E-state index in [1.54, 1.807) is 14.1 Å². The van der Waals surface area contributed by atoms with Gasteiger partial charge in [0.1, 0.15) is 28.6 Å². The first-order chi connectivity index (χ1) is 17.8. The van der Waals surface area contributed by atoms with Gasteiger partial charge in [-0.2, -0.15) is 0 Å². The third-order valence-corrected chi connectivity index (χ3v) is 8.24. The highest BCUT2D eigenvalue weighted by molar-refractivity contribution is 6.24. The molecule has 1 fully saturated rings. The van der Waals surface area contributed by atoms with Gasteiger partial charge in [0.15, 0.2) is 11.4 Å². The van der Waals surface area contributed by atoms with Gasteiger partial charge in [-0.25, -0.2) is 0 Å². The van der Waals surface area contributed by atoms with E-state index in [1.807, 2.05) is 13.8 Å². The summed E-state index contributed by atoms with van der Waals surface area (Å²) in [5.74, 6) is -6.29. The molecule has 11 heteroatoms. The predicted molar refractivity (Wildman–Crippen MR) is 137 cm³/mol. The zero-order valence-electron chi connectivity index (χ0n) is 22.2. The van der Waals surface area contributed by atoms with E-state index in [-0.39, 0.29) is 29.7 Å². The lowest BCUT2D eigenvalue weighted by atomic mass is 9.57. The second-order valence-corrected chi connectivity index (χ2v) is 10.4. The Morgan fingerprint density at radius 2 is 1.82 bits per heavy atom. The molecule has 1 saturated carbocycles. The van der Waals surface area contributed by atoms with Crippen LogP contribution in [0.5, 0.6) is 11.5 Å². The number of nitrogens with two attached hydrogens (primary N) is 1. The first-order valence-corrected chi connectivity index (χ1v) is 12.6. The van der Waals surface area contributed by atoms with Crippen molar-refractivity contribution in [1.82, 2.24) is 9.80 Å². The number of ketones is 2. The van der Waals surface area contributed by atoms with Crippen molar-refractivity contribution in [2.24, 2.45) is 17.6 Å². The number of aliphatic hydroxyl groups excluding tert-OH is 2. The number of carbonyl (C=O) groups excluding carboxylic acids is 3. The minimum atomic E-state index is -2.66. The standard InChI is InChI=1S/C27H35N3O8/c1-6-30(7-2)11-13-10-16(31)18-14(23(13)38-5)8-12-9-15-20(29(3)4)22(33)19(26(28)36)25(35)27(15,37)24(34)17(12)21(18)32/h10,12,15,20,31-32,35,37H,6-9,11H2,1-5H3,(H2,28,36)/t12-,15-,20-,27-/m0/s1. The largest absolute Gasteiger partial charge is 0.508 e. The molecule has 3 aliphatic carbocycles. The molecule has 0 saturated heterocycles. The number of hydrogen-bond donors (Lipinski definition) is 5. The lowest BCUT2D eigenvalue weighted by Crippen LogP contribution is -2.65. The molecule has 0 aromatic heterocycles. The molecule has 4 rings (SSSR count). The fraction of sp³-hybridized carbons (Fsp3) is 0.519. The number of likely N-dealkylation sites (N-methyl/N-ethyl adjacent to an activating group) is 1. The number of benzene rings is 1. The van der Waals surface area contributed by atoms with Crippen LogP contribution < -0.4 is 10.5 Å². The van der Waals surface area contributed by atoms with Gasteiger partial charge in [0.25, 0.3) is 5.91 Å². The van der Waals surface area contributed by atoms with Crippen molar-refractivity contribution in [3.8, 4) is 11.5 Å². The maximum Gasteiger partial charge on any atom is 0.255 e. The number of amides is 1. The molecule has 0 unspecified atom stereocenters. The van der Waals surface area contributed by atoms with E-state index >= 15 is 0 Å². The van der Waals surface area contributed by atoms with Gasteiger partial charge in [0.05, 0.1) is 18.7 Å². The van der Waals surface area contributed by atoms with Crippen LogP contribution >= 0.6 is 0 Å². The van der Waals surface area contributed by atoms with Gasteiger partial charge in [-0.1, -0.05) is 13.8 Å². The molecule has 0 bridgehead atoms. The molecule has 0 aliphatic heterocycles. The highest BCUT2D eigenvalue weighted by Gasteiger charge is 2.64. The fourth-order valence-electron chi connectivity index (χ4n) is 6.42. The van der Waals surface area contributed by atoms with Crippen molar-refractivity contribution in [1.29, 1.82) is 0 Å². The molecule has 1 amide bonds. The summed E-state index contributed by atoms with van der Waals surface area (Å²) in [6, 6.07) is 0.360. The van der Waals surface area contributed by atoms with Crippen LogP contribution in [-0.2, 0) is 27.3 Å². The van der Waals surface area contributed by atoms with Crippen molar-refractivity contribution >= 4 is 23.2 Å². The molecule has 1 aromatic rings. The predicted octanol–water partition coefficient (Wildman–Crippen LogP) is 0.814. The molecular weight excluding hydrogens is 494 g/mol. The normalized spacial score (nSPS) is 27.0. The number of hydrogen-bond acceptors (Lipinski definition) is 10. The van der Waals surface area contributed by atoms with Gasteiger partial charge < -0.3 is 30.9 Å². The maximum absolute atomic E-state index is 13.9. The molecule has 1 aromatic carbocycles. The zero-order valence-corrected chi connectivity index (χ0v) is 22.2. The van der Waals surface area contributed by atoms with Crippen molar-refractivity contribution in [3.63, 3.8) is 0 Å². The summed E-state index contributed by atoms with van der Waals surface area (Å²) >= 11 is 0. The molecule has 38 heavy (non-hydrogen) atoms. The van der Waals surface area contributed by atoms with Gasteiger partial charge in [-0.05, 0) is 52.0 Å². The topological polar surface area (TPSA) is 174 Å². The van der Waals surface area contributed by atoms with E-state index in [4.69, 9.17) is 10.5 Å². The van der Waals surface area contributed by atoms with Crippen molar-refractivity contribution in [3.05, 3.63) is 39.7 Å². The number of fused-ring (bicyclic) bond motifs is 3. The minimum Gasteiger partial charge on any atom is -0.508 e. The number of methoxy groups -OCH3 is 1. The summed E-state index contributed by atoms with van der Waals surface area (Å²) in [7, 11) is 4.62. The van der Waals surface area contributed by atoms with Crippen molar-refractivity contribution < 1.29 is 39.5 Å². The average molecular weight is 530 g/mol. The molecule has 0 spiro atoms. The van der Waals surface area contributed by atoms with Crippen LogP contribution in [0.4, 0.5) is 0 Å². The number of phenols is 1. The van der Waals surface area contributed by atoms with Crippen molar-refractivity contribution in [2.75, 3.05) is 34.3 Å². The summed E-state index contributed by atoms with van der Waals surface area (Å²) in [6.45, 7) is 6.07. The molecular formula is C27H35N3O8. The maximum atomic E-state index is 13.9. The Labute approximate surface area is 220 Å². The van der Waals surface area contributed by atoms with E-state index in [0.29, 0.717) is 23.4 Å². The van der Waals surface area contributed by atoms with Crippen LogP contribution in [0, 0.1) is 11.8 Å². The minimum absolute atomic E-state index is 0.0152. The van der Waals surface area contributed by atoms with E-state index in [2.05, 4.69) is 4.90 Å². The summed E-state index contributed by atoms with van der Waals surface area (Å²) < 4.78 is 5.74. The van der Waals surface area contributed by atoms with Gasteiger partial charge in [-0.15, -0.1) is 0 Å². The van der Waals surface area contributed by atoms with Crippen LogP contribution in [0.1, 0.15) is 37.0 Å². The van der Waals surface area contributed by atoms with Crippen LogP contribution in [0.15, 0.2) is 23.0 Å². The highest BCUT2D eigenvalue weighted by atomic mass is 16.5. The molecule has 4 atom stereocenters. The van der Waals surface area contributed by atoms with Crippen molar-refractivity contribution in [2.45, 2.75) is 44.9 Å². The van der Waals surface area contributed by atoms with Gasteiger partial charge in [0, 0.05) is 29.2 Å². The van der Waals surface area contributed by atoms with Gasteiger partial charge in [-0.3, -0.25) is 24.2 Å². The molecule has 0 radical (unpaired) electrons. The molecule has 3 aliphatic rings. The summed E-state index contributed by atoms with van der Waals surface area (Å²) in [5.41, 5.74) is 2.91. The summed E-state index contributed by atoms with van der Waals surface area (Å²) in [4.78, 5) is 42.8. The number of primary amides is 1. The number of aliphatic hydroxyl groups is 3. The number of rotatable bonds is 7. The Hall–Kier alpha value is -3.41. The molecule has 0 heterocycles. The van der Waals surface area contributed by atoms with Crippen LogP contribution in [0.25, 0.3) is 5.76 Å². The number of ether oxygens (including phenoxy) is 1. The lowest BCUT2D eigenvalue weighted by molar-refractivity contribution is -0.153. The lowest BCUT2D eigenvalue weighted by Gasteiger charge is -2.50. The van der Waals surface area contributed by atoms with E-state index in [1.165, 1.54) is 18.1 Å². The second kappa shape index (κ2) is 9.72. The molecule has 11 nitrogen and oxygen atoms in total. The summed E-state index contributed by atoms with van der Waals surface area (Å²) in [6.07, 6.45) is 0.202. The number of phenolic OH excluding ortho intramolecular Hbond substituents is 1. The van der Waals surface area contributed by atoms with Gasteiger partial charge >= 0.3 is 0 Å². The molecule has 6 N–H and O–H groups in total. The first kappa shape index (κ1) is 27.6. The second-order valence-electron chi connectivity index (χ2n) is 10.4. The summed E-state index contributed by atoms with van der Waals surface area (Å²) in [5, 5.41) is 44.9. The van der Waals surface area contributed by atoms with E-state index in [0.717, 1.165) is 13.1 Å². The third-order valence-electron chi connectivity index (χ3n) is 8.24. The Kier molecular flexibility index (Phi) is 7.06. The Morgan fingerprint density at radius 3 is 2.34 bits per heavy atom. The Morgan fingerprint density at radius 1 is 1.18 bits per heavy atom. The fourth-order valence-corrected chi connectivity index (χ4v) is 6.42. The third kappa shape index (κ3) is 3.79. The van der Waals surface area contributed by atoms with Gasteiger partial charge in [0.2, 0.25) is 5.78 Å². The SMILES string of the molecule is CCN(CC)Cc1cc(O)c2c(c1OC)C[C@H]1C[C@H]3[C@H](N(C)C)C(=O)C(C(N)=O)=C(O)[C@@]3(O)C(=O)C1=C2O. The van der Waals surface area contributed by atoms with E-state index in [9.17, 15) is 34.8 Å². The van der Waals surface area contributed by atoms with Crippen LogP contribution in [0.2, 0.25) is 0 Å². The number of Topliss-reactive ketones (excluding diaryl/α,β-unsaturated/α-hetero) is 2. The number of carbonyl (C=O) groups is 3. The first-order valence-electron chi connectivity index (χ1n) is 12.6. The molecule has 206 valence electrons. The highest BCUT2D eigenvalue weighted by Crippen LogP contribution is 2.54. The van der Waals surface area contributed by atoms with Crippen LogP contribution in [-0.4, -0.2) is 93.6 Å². The number of nitrogens with zero attached hydrogens (tertiary/aromatic N) is 2. The zero-order chi connectivity index (χ0) is 28.3. The quantitative estimate of drug-likeness (QED) is 0.318. The Balaban J connectivity index is 1.94.